The third-order valence-electron chi connectivity index (χ3n) is 1.85. The Morgan fingerprint density at radius 2 is 2.17 bits per heavy atom. The van der Waals surface area contributed by atoms with E-state index in [1.54, 1.807) is 12.1 Å². The molecule has 0 fully saturated rings. The van der Waals surface area contributed by atoms with E-state index in [-0.39, 0.29) is 17.1 Å². The molecule has 0 aliphatic rings. The van der Waals surface area contributed by atoms with Gasteiger partial charge in [-0.2, -0.15) is 15.0 Å². The van der Waals surface area contributed by atoms with E-state index in [1.165, 1.54) is 23.9 Å². The van der Waals surface area contributed by atoms with Gasteiger partial charge in [0.1, 0.15) is 5.82 Å². The first-order valence-electron chi connectivity index (χ1n) is 5.15. The van der Waals surface area contributed by atoms with Crippen LogP contribution in [0.15, 0.2) is 34.3 Å². The van der Waals surface area contributed by atoms with E-state index in [0.29, 0.717) is 16.7 Å². The number of ether oxygens (including phenoxy) is 1. The fourth-order valence-electron chi connectivity index (χ4n) is 1.19. The third kappa shape index (κ3) is 3.54. The molecule has 0 atom stereocenters. The molecule has 0 unspecified atom stereocenters. The van der Waals surface area contributed by atoms with E-state index in [2.05, 4.69) is 15.0 Å². The average Bonchev–Trinajstić information content (AvgIpc) is 2.28. The molecule has 0 aliphatic heterocycles. The van der Waals surface area contributed by atoms with Gasteiger partial charge in [0.2, 0.25) is 5.28 Å². The Morgan fingerprint density at radius 3 is 2.89 bits per heavy atom. The molecule has 1 aromatic carbocycles. The lowest BCUT2D eigenvalue weighted by molar-refractivity contribution is 0.307. The number of nitrogens with zero attached hydrogens (tertiary/aromatic N) is 3. The predicted octanol–water partition coefficient (Wildman–Crippen LogP) is 3.21. The van der Waals surface area contributed by atoms with E-state index in [0.717, 1.165) is 0 Å². The van der Waals surface area contributed by atoms with Crippen molar-refractivity contribution in [2.45, 2.75) is 17.0 Å². The van der Waals surface area contributed by atoms with Gasteiger partial charge < -0.3 is 4.74 Å². The first kappa shape index (κ1) is 13.0. The molecule has 0 N–H and O–H groups in total. The van der Waals surface area contributed by atoms with Gasteiger partial charge in [0.25, 0.3) is 0 Å². The zero-order valence-corrected chi connectivity index (χ0v) is 11.0. The highest BCUT2D eigenvalue weighted by Crippen LogP contribution is 2.26. The molecule has 7 heteroatoms. The maximum absolute atomic E-state index is 13.0. The summed E-state index contributed by atoms with van der Waals surface area (Å²) in [4.78, 5) is 12.5. The van der Waals surface area contributed by atoms with Crippen LogP contribution in [0.3, 0.4) is 0 Å². The van der Waals surface area contributed by atoms with Crippen molar-refractivity contribution in [3.8, 4) is 6.01 Å². The maximum Gasteiger partial charge on any atom is 0.321 e. The van der Waals surface area contributed by atoms with Gasteiger partial charge in [0.05, 0.1) is 6.61 Å². The molecule has 94 valence electrons. The zero-order valence-electron chi connectivity index (χ0n) is 9.43. The Morgan fingerprint density at radius 1 is 1.33 bits per heavy atom. The molecule has 0 saturated carbocycles. The van der Waals surface area contributed by atoms with Crippen LogP contribution in [0.4, 0.5) is 4.39 Å². The minimum absolute atomic E-state index is 0.0485. The van der Waals surface area contributed by atoms with E-state index < -0.39 is 0 Å². The Labute approximate surface area is 113 Å². The second-order valence-electron chi connectivity index (χ2n) is 3.16. The van der Waals surface area contributed by atoms with Gasteiger partial charge >= 0.3 is 6.01 Å². The van der Waals surface area contributed by atoms with Gasteiger partial charge in [-0.15, -0.1) is 0 Å². The van der Waals surface area contributed by atoms with Crippen LogP contribution in [0.2, 0.25) is 5.28 Å². The maximum atomic E-state index is 13.0. The van der Waals surface area contributed by atoms with Crippen molar-refractivity contribution < 1.29 is 9.13 Å². The van der Waals surface area contributed by atoms with Crippen molar-refractivity contribution in [1.82, 2.24) is 15.0 Å². The van der Waals surface area contributed by atoms with Crippen LogP contribution in [0.1, 0.15) is 6.92 Å². The second kappa shape index (κ2) is 5.97. The minimum Gasteiger partial charge on any atom is -0.464 e. The Balaban J connectivity index is 2.23. The summed E-state index contributed by atoms with van der Waals surface area (Å²) >= 11 is 6.94. The molecule has 0 spiro atoms. The molecule has 0 saturated heterocycles. The number of halogens is 2. The van der Waals surface area contributed by atoms with Gasteiger partial charge in [0, 0.05) is 4.90 Å². The topological polar surface area (TPSA) is 47.9 Å². The van der Waals surface area contributed by atoms with Gasteiger partial charge in [-0.1, -0.05) is 6.07 Å². The lowest BCUT2D eigenvalue weighted by atomic mass is 10.4. The molecule has 1 aromatic heterocycles. The van der Waals surface area contributed by atoms with Crippen LogP contribution in [0.25, 0.3) is 0 Å². The number of hydrogen-bond donors (Lipinski definition) is 0. The molecule has 2 rings (SSSR count). The Kier molecular flexibility index (Phi) is 4.33. The molecule has 0 radical (unpaired) electrons. The molecule has 0 aliphatic carbocycles. The fourth-order valence-corrected chi connectivity index (χ4v) is 2.18. The van der Waals surface area contributed by atoms with Crippen LogP contribution >= 0.6 is 23.4 Å². The first-order chi connectivity index (χ1) is 8.67. The van der Waals surface area contributed by atoms with Crippen LogP contribution in [-0.2, 0) is 0 Å². The van der Waals surface area contributed by atoms with Crippen LogP contribution in [0.5, 0.6) is 6.01 Å². The van der Waals surface area contributed by atoms with E-state index >= 15 is 0 Å². The fraction of sp³-hybridized carbons (Fsp3) is 0.182. The molecular weight excluding hydrogens is 277 g/mol. The molecule has 2 aromatic rings. The zero-order chi connectivity index (χ0) is 13.0. The summed E-state index contributed by atoms with van der Waals surface area (Å²) in [5.41, 5.74) is 0. The van der Waals surface area contributed by atoms with Gasteiger partial charge in [-0.25, -0.2) is 4.39 Å². The van der Waals surface area contributed by atoms with Gasteiger partial charge in [-0.05, 0) is 48.5 Å². The Bertz CT molecular complexity index is 556. The van der Waals surface area contributed by atoms with Gasteiger partial charge in [-0.3, -0.25) is 0 Å². The van der Waals surface area contributed by atoms with Crippen molar-refractivity contribution in [3.05, 3.63) is 35.4 Å². The normalized spacial score (nSPS) is 10.4. The van der Waals surface area contributed by atoms with Crippen LogP contribution < -0.4 is 4.74 Å². The molecule has 4 nitrogen and oxygen atoms in total. The number of rotatable bonds is 4. The lowest BCUT2D eigenvalue weighted by Crippen LogP contribution is -2.00. The van der Waals surface area contributed by atoms with Crippen LogP contribution in [-0.4, -0.2) is 21.6 Å². The summed E-state index contributed by atoms with van der Waals surface area (Å²) in [6, 6.07) is 6.30. The minimum atomic E-state index is -0.315. The smallest absolute Gasteiger partial charge is 0.321 e. The SMILES string of the molecule is CCOc1nc(Cl)nc(Sc2cccc(F)c2)n1. The van der Waals surface area contributed by atoms with Gasteiger partial charge in [0.15, 0.2) is 5.16 Å². The summed E-state index contributed by atoms with van der Waals surface area (Å²) in [5.74, 6) is -0.315. The molecular formula is C11H9ClFN3OS. The first-order valence-corrected chi connectivity index (χ1v) is 6.34. The van der Waals surface area contributed by atoms with Crippen molar-refractivity contribution in [3.63, 3.8) is 0 Å². The Hall–Kier alpha value is -1.40. The highest BCUT2D eigenvalue weighted by atomic mass is 35.5. The second-order valence-corrected chi connectivity index (χ2v) is 4.54. The average molecular weight is 286 g/mol. The summed E-state index contributed by atoms with van der Waals surface area (Å²) in [6.07, 6.45) is 0. The largest absolute Gasteiger partial charge is 0.464 e. The summed E-state index contributed by atoms with van der Waals surface area (Å²) in [5, 5.41) is 0.413. The standard InChI is InChI=1S/C11H9ClFN3OS/c1-2-17-10-14-9(12)15-11(16-10)18-8-5-3-4-7(13)6-8/h3-6H,2H2,1H3. The highest BCUT2D eigenvalue weighted by molar-refractivity contribution is 7.99. The third-order valence-corrected chi connectivity index (χ3v) is 2.87. The van der Waals surface area contributed by atoms with Crippen molar-refractivity contribution in [1.29, 1.82) is 0 Å². The van der Waals surface area contributed by atoms with E-state index in [9.17, 15) is 4.39 Å². The summed E-state index contributed by atoms with van der Waals surface area (Å²) in [7, 11) is 0. The monoisotopic (exact) mass is 285 g/mol. The van der Waals surface area contributed by atoms with Crippen molar-refractivity contribution in [2.75, 3.05) is 6.61 Å². The quantitative estimate of drug-likeness (QED) is 0.863. The lowest BCUT2D eigenvalue weighted by Gasteiger charge is -2.04. The summed E-state index contributed by atoms with van der Waals surface area (Å²) in [6.45, 7) is 2.25. The molecule has 18 heavy (non-hydrogen) atoms. The molecule has 1 heterocycles. The van der Waals surface area contributed by atoms with Crippen LogP contribution in [0, 0.1) is 5.82 Å². The van der Waals surface area contributed by atoms with Crippen molar-refractivity contribution in [2.24, 2.45) is 0 Å². The van der Waals surface area contributed by atoms with E-state index in [4.69, 9.17) is 16.3 Å². The van der Waals surface area contributed by atoms with Crippen molar-refractivity contribution >= 4 is 23.4 Å². The molecule has 0 amide bonds. The summed E-state index contributed by atoms with van der Waals surface area (Å²) < 4.78 is 18.2. The number of aromatic nitrogens is 3. The van der Waals surface area contributed by atoms with E-state index in [1.807, 2.05) is 6.92 Å². The highest BCUT2D eigenvalue weighted by Gasteiger charge is 2.07. The number of benzene rings is 1. The molecule has 0 bridgehead atoms. The predicted molar refractivity (Wildman–Crippen MR) is 66.5 cm³/mol. The number of hydrogen-bond acceptors (Lipinski definition) is 5.